The smallest absolute Gasteiger partial charge is 0.0547 e. The van der Waals surface area contributed by atoms with Crippen LogP contribution in [0.3, 0.4) is 0 Å². The fourth-order valence-corrected chi connectivity index (χ4v) is 10.8. The molecule has 2 aliphatic rings. The van der Waals surface area contributed by atoms with E-state index in [2.05, 4.69) is 229 Å². The van der Waals surface area contributed by atoms with Crippen molar-refractivity contribution >= 4 is 32.6 Å². The standard InChI is InChI=1S/C60H39N/c1-3-13-38(14-4-1)40-23-25-42(26-24-40)57-48-20-10-9-19-47(48)53-36-44(28-31-51(53)57)45-29-33-55-54(37-45)60-56(61(55)46-30-27-39-15-7-8-18-43(39)35-46)34-32-52-58(41-16-5-2-6-17-41)49-21-11-12-22-50(49)59(52)60/h1-37,57-58H. The largest absolute Gasteiger partial charge is 0.309 e. The number of nitrogens with zero attached hydrogens (tertiary/aromatic N) is 1. The first-order valence-electron chi connectivity index (χ1n) is 21.4. The lowest BCUT2D eigenvalue weighted by atomic mass is 9.88. The fourth-order valence-electron chi connectivity index (χ4n) is 10.8. The van der Waals surface area contributed by atoms with Gasteiger partial charge in [-0.25, -0.2) is 0 Å². The molecule has 0 amide bonds. The lowest BCUT2D eigenvalue weighted by molar-refractivity contribution is 1.02. The topological polar surface area (TPSA) is 4.93 Å². The van der Waals surface area contributed by atoms with Crippen LogP contribution in [0, 0.1) is 0 Å². The third-order valence-corrected chi connectivity index (χ3v) is 13.6. The fraction of sp³-hybridized carbons (Fsp3) is 0.0333. The number of hydrogen-bond acceptors (Lipinski definition) is 0. The number of hydrogen-bond donors (Lipinski definition) is 0. The highest BCUT2D eigenvalue weighted by Gasteiger charge is 2.34. The van der Waals surface area contributed by atoms with Crippen LogP contribution in [0.1, 0.15) is 45.2 Å². The van der Waals surface area contributed by atoms with E-state index in [9.17, 15) is 0 Å². The zero-order valence-corrected chi connectivity index (χ0v) is 33.5. The molecule has 284 valence electrons. The van der Waals surface area contributed by atoms with Crippen LogP contribution in [0.2, 0.25) is 0 Å². The van der Waals surface area contributed by atoms with Crippen LogP contribution in [0.4, 0.5) is 0 Å². The molecule has 1 heterocycles. The molecule has 1 aromatic heterocycles. The Hall–Kier alpha value is -7.74. The van der Waals surface area contributed by atoms with Crippen LogP contribution in [-0.2, 0) is 0 Å². The lowest BCUT2D eigenvalue weighted by Gasteiger charge is -2.15. The van der Waals surface area contributed by atoms with Crippen molar-refractivity contribution in [3.8, 4) is 50.2 Å². The van der Waals surface area contributed by atoms with Gasteiger partial charge in [0.1, 0.15) is 0 Å². The summed E-state index contributed by atoms with van der Waals surface area (Å²) in [6, 6.07) is 83.7. The van der Waals surface area contributed by atoms with E-state index in [1.807, 2.05) is 0 Å². The van der Waals surface area contributed by atoms with Gasteiger partial charge in [0, 0.05) is 28.3 Å². The van der Waals surface area contributed by atoms with E-state index < -0.39 is 0 Å². The minimum Gasteiger partial charge on any atom is -0.309 e. The Kier molecular flexibility index (Phi) is 7.50. The van der Waals surface area contributed by atoms with Crippen molar-refractivity contribution in [2.45, 2.75) is 11.8 Å². The molecule has 0 bridgehead atoms. The highest BCUT2D eigenvalue weighted by atomic mass is 15.0. The number of benzene rings is 10. The first kappa shape index (κ1) is 34.2. The molecule has 1 heteroatoms. The summed E-state index contributed by atoms with van der Waals surface area (Å²) < 4.78 is 2.49. The third kappa shape index (κ3) is 5.20. The second-order valence-electron chi connectivity index (χ2n) is 16.8. The average Bonchev–Trinajstić information content (AvgIpc) is 3.97. The summed E-state index contributed by atoms with van der Waals surface area (Å²) in [5, 5.41) is 5.09. The summed E-state index contributed by atoms with van der Waals surface area (Å²) in [6.07, 6.45) is 0. The Morgan fingerprint density at radius 3 is 1.69 bits per heavy atom. The molecule has 61 heavy (non-hydrogen) atoms. The van der Waals surface area contributed by atoms with Gasteiger partial charge in [0.15, 0.2) is 0 Å². The third-order valence-electron chi connectivity index (χ3n) is 13.6. The van der Waals surface area contributed by atoms with Gasteiger partial charge in [-0.05, 0) is 125 Å². The first-order valence-corrected chi connectivity index (χ1v) is 21.4. The molecular weight excluding hydrogens is 735 g/mol. The van der Waals surface area contributed by atoms with Crippen molar-refractivity contribution in [3.05, 3.63) is 258 Å². The Labute approximate surface area is 355 Å². The van der Waals surface area contributed by atoms with E-state index >= 15 is 0 Å². The SMILES string of the molecule is c1ccc(-c2ccc(C3c4ccccc4-c4cc(-c5ccc6c(c5)c5c7c(ccc5n6-c5ccc6ccccc6c5)C(c5ccccc5)c5ccccc5-7)ccc43)cc2)cc1. The Morgan fingerprint density at radius 1 is 0.311 bits per heavy atom. The molecule has 2 atom stereocenters. The maximum atomic E-state index is 2.49. The molecule has 0 aliphatic heterocycles. The molecule has 13 rings (SSSR count). The van der Waals surface area contributed by atoms with E-state index in [1.165, 1.54) is 116 Å². The summed E-state index contributed by atoms with van der Waals surface area (Å²) in [4.78, 5) is 0. The predicted octanol–water partition coefficient (Wildman–Crippen LogP) is 15.6. The Morgan fingerprint density at radius 2 is 0.869 bits per heavy atom. The zero-order valence-electron chi connectivity index (χ0n) is 33.5. The summed E-state index contributed by atoms with van der Waals surface area (Å²) in [5.74, 6) is 0.367. The van der Waals surface area contributed by atoms with E-state index in [0.29, 0.717) is 0 Å². The number of fused-ring (bicyclic) bond motifs is 11. The second-order valence-corrected chi connectivity index (χ2v) is 16.8. The van der Waals surface area contributed by atoms with Gasteiger partial charge in [-0.1, -0.05) is 188 Å². The molecular formula is C60H39N. The Bertz CT molecular complexity index is 3520. The molecule has 0 N–H and O–H groups in total. The van der Waals surface area contributed by atoms with Crippen molar-refractivity contribution in [3.63, 3.8) is 0 Å². The molecule has 11 aromatic rings. The van der Waals surface area contributed by atoms with Gasteiger partial charge in [0.05, 0.1) is 11.0 Å². The van der Waals surface area contributed by atoms with Gasteiger partial charge in [-0.2, -0.15) is 0 Å². The minimum atomic E-state index is 0.179. The quantitative estimate of drug-likeness (QED) is 0.164. The van der Waals surface area contributed by atoms with E-state index in [-0.39, 0.29) is 11.8 Å². The zero-order chi connectivity index (χ0) is 40.0. The monoisotopic (exact) mass is 773 g/mol. The highest BCUT2D eigenvalue weighted by molar-refractivity contribution is 6.18. The maximum absolute atomic E-state index is 2.49. The van der Waals surface area contributed by atoms with Gasteiger partial charge in [0.25, 0.3) is 0 Å². The van der Waals surface area contributed by atoms with Crippen LogP contribution < -0.4 is 0 Å². The summed E-state index contributed by atoms with van der Waals surface area (Å²) >= 11 is 0. The summed E-state index contributed by atoms with van der Waals surface area (Å²) in [7, 11) is 0. The average molecular weight is 774 g/mol. The van der Waals surface area contributed by atoms with Crippen molar-refractivity contribution < 1.29 is 0 Å². The molecule has 0 saturated carbocycles. The minimum absolute atomic E-state index is 0.179. The van der Waals surface area contributed by atoms with Gasteiger partial charge in [-0.3, -0.25) is 0 Å². The second kappa shape index (κ2) is 13.4. The molecule has 2 unspecified atom stereocenters. The van der Waals surface area contributed by atoms with Crippen molar-refractivity contribution in [1.82, 2.24) is 4.57 Å². The molecule has 0 radical (unpaired) electrons. The maximum Gasteiger partial charge on any atom is 0.0547 e. The first-order chi connectivity index (χ1) is 30.3. The molecule has 1 nitrogen and oxygen atoms in total. The van der Waals surface area contributed by atoms with Crippen LogP contribution in [0.5, 0.6) is 0 Å². The van der Waals surface area contributed by atoms with Gasteiger partial charge in [0.2, 0.25) is 0 Å². The van der Waals surface area contributed by atoms with Crippen molar-refractivity contribution in [2.24, 2.45) is 0 Å². The van der Waals surface area contributed by atoms with Crippen LogP contribution >= 0.6 is 0 Å². The van der Waals surface area contributed by atoms with E-state index in [1.54, 1.807) is 0 Å². The normalized spacial score (nSPS) is 14.9. The lowest BCUT2D eigenvalue weighted by Crippen LogP contribution is -1.99. The van der Waals surface area contributed by atoms with Crippen molar-refractivity contribution in [1.29, 1.82) is 0 Å². The number of aromatic nitrogens is 1. The Balaban J connectivity index is 1.01. The van der Waals surface area contributed by atoms with Crippen LogP contribution in [0.15, 0.2) is 224 Å². The van der Waals surface area contributed by atoms with Gasteiger partial charge < -0.3 is 4.57 Å². The summed E-state index contributed by atoms with van der Waals surface area (Å²) in [5.41, 5.74) is 22.0. The summed E-state index contributed by atoms with van der Waals surface area (Å²) in [6.45, 7) is 0. The van der Waals surface area contributed by atoms with Crippen LogP contribution in [0.25, 0.3) is 82.8 Å². The van der Waals surface area contributed by atoms with E-state index in [0.717, 1.165) is 0 Å². The predicted molar refractivity (Wildman–Crippen MR) is 255 cm³/mol. The van der Waals surface area contributed by atoms with Gasteiger partial charge in [-0.15, -0.1) is 0 Å². The molecule has 0 fully saturated rings. The highest BCUT2D eigenvalue weighted by Crippen LogP contribution is 2.54. The van der Waals surface area contributed by atoms with Gasteiger partial charge >= 0.3 is 0 Å². The number of rotatable bonds is 5. The molecule has 0 spiro atoms. The van der Waals surface area contributed by atoms with Crippen LogP contribution in [-0.4, -0.2) is 4.57 Å². The van der Waals surface area contributed by atoms with Crippen molar-refractivity contribution in [2.75, 3.05) is 0 Å². The molecule has 2 aliphatic carbocycles. The molecule has 10 aromatic carbocycles. The molecule has 0 saturated heterocycles. The van der Waals surface area contributed by atoms with E-state index in [4.69, 9.17) is 0 Å².